The van der Waals surface area contributed by atoms with E-state index in [1.807, 2.05) is 0 Å². The van der Waals surface area contributed by atoms with Crippen molar-refractivity contribution in [3.05, 3.63) is 28.5 Å². The van der Waals surface area contributed by atoms with E-state index in [2.05, 4.69) is 0 Å². The van der Waals surface area contributed by atoms with Crippen LogP contribution in [0, 0.1) is 17.5 Å². The molecule has 5 heteroatoms. The topological polar surface area (TPSA) is 26.0 Å². The molecule has 0 aromatic heterocycles. The molecule has 0 saturated heterocycles. The second kappa shape index (κ2) is 2.62. The van der Waals surface area contributed by atoms with Crippen molar-refractivity contribution < 1.29 is 13.2 Å². The van der Waals surface area contributed by atoms with Crippen molar-refractivity contribution in [2.45, 2.75) is 0 Å². The predicted molar refractivity (Wildman–Crippen MR) is 35.7 cm³/mol. The molecule has 0 heterocycles. The van der Waals surface area contributed by atoms with E-state index in [0.29, 0.717) is 6.07 Å². The third kappa shape index (κ3) is 1.26. The van der Waals surface area contributed by atoms with Gasteiger partial charge in [-0.3, -0.25) is 0 Å². The molecule has 0 aliphatic carbocycles. The molecule has 0 fully saturated rings. The molecule has 0 unspecified atom stereocenters. The molecule has 0 radical (unpaired) electrons. The molecular formula is C6H3ClF3N. The van der Waals surface area contributed by atoms with Crippen molar-refractivity contribution in [1.82, 2.24) is 0 Å². The number of hydrogen-bond donors (Lipinski definition) is 1. The maximum Gasteiger partial charge on any atom is 0.196 e. The van der Waals surface area contributed by atoms with E-state index in [9.17, 15) is 13.2 Å². The Balaban J connectivity index is 3.46. The summed E-state index contributed by atoms with van der Waals surface area (Å²) >= 11 is 5.22. The predicted octanol–water partition coefficient (Wildman–Crippen LogP) is 2.34. The normalized spacial score (nSPS) is 10.2. The third-order valence-corrected chi connectivity index (χ3v) is 1.46. The van der Waals surface area contributed by atoms with Gasteiger partial charge in [-0.1, -0.05) is 11.6 Å². The van der Waals surface area contributed by atoms with Crippen molar-refractivity contribution in [2.24, 2.45) is 0 Å². The Morgan fingerprint density at radius 2 is 1.73 bits per heavy atom. The minimum absolute atomic E-state index is 0.332. The van der Waals surface area contributed by atoms with Gasteiger partial charge in [-0.05, 0) is 6.07 Å². The summed E-state index contributed by atoms with van der Waals surface area (Å²) in [6.45, 7) is 0. The van der Waals surface area contributed by atoms with Crippen LogP contribution in [0.2, 0.25) is 5.02 Å². The molecule has 0 aliphatic rings. The monoisotopic (exact) mass is 181 g/mol. The van der Waals surface area contributed by atoms with Gasteiger partial charge in [-0.2, -0.15) is 0 Å². The zero-order valence-electron chi connectivity index (χ0n) is 5.17. The van der Waals surface area contributed by atoms with Crippen molar-refractivity contribution in [3.8, 4) is 0 Å². The lowest BCUT2D eigenvalue weighted by atomic mass is 10.3. The van der Waals surface area contributed by atoms with Crippen molar-refractivity contribution in [1.29, 1.82) is 0 Å². The highest BCUT2D eigenvalue weighted by atomic mass is 35.5. The van der Waals surface area contributed by atoms with Crippen LogP contribution in [0.4, 0.5) is 18.9 Å². The van der Waals surface area contributed by atoms with Crippen molar-refractivity contribution >= 4 is 17.3 Å². The lowest BCUT2D eigenvalue weighted by molar-refractivity contribution is 0.449. The summed E-state index contributed by atoms with van der Waals surface area (Å²) in [5.41, 5.74) is 4.36. The van der Waals surface area contributed by atoms with E-state index in [4.69, 9.17) is 17.3 Å². The van der Waals surface area contributed by atoms with Gasteiger partial charge < -0.3 is 5.73 Å². The van der Waals surface area contributed by atoms with Gasteiger partial charge in [0.15, 0.2) is 17.5 Å². The molecular weight excluding hydrogens is 179 g/mol. The van der Waals surface area contributed by atoms with Gasteiger partial charge in [-0.15, -0.1) is 0 Å². The molecule has 0 aliphatic heterocycles. The summed E-state index contributed by atoms with van der Waals surface area (Å²) in [6, 6.07) is 0.620. The first-order valence-corrected chi connectivity index (χ1v) is 3.00. The van der Waals surface area contributed by atoms with Gasteiger partial charge in [0, 0.05) is 0 Å². The minimum atomic E-state index is -1.60. The smallest absolute Gasteiger partial charge is 0.196 e. The lowest BCUT2D eigenvalue weighted by Crippen LogP contribution is -1.98. The van der Waals surface area contributed by atoms with E-state index in [0.717, 1.165) is 0 Å². The third-order valence-electron chi connectivity index (χ3n) is 1.15. The first-order valence-electron chi connectivity index (χ1n) is 2.62. The molecule has 0 spiro atoms. The Morgan fingerprint density at radius 1 is 1.18 bits per heavy atom. The summed E-state index contributed by atoms with van der Waals surface area (Å²) in [6.07, 6.45) is 0. The van der Waals surface area contributed by atoms with Crippen LogP contribution in [0.3, 0.4) is 0 Å². The zero-order valence-corrected chi connectivity index (χ0v) is 5.92. The highest BCUT2D eigenvalue weighted by Crippen LogP contribution is 2.25. The van der Waals surface area contributed by atoms with E-state index < -0.39 is 23.1 Å². The van der Waals surface area contributed by atoms with Gasteiger partial charge in [0.05, 0.1) is 10.7 Å². The van der Waals surface area contributed by atoms with Crippen LogP contribution in [0.25, 0.3) is 0 Å². The van der Waals surface area contributed by atoms with E-state index >= 15 is 0 Å². The number of hydrogen-bond acceptors (Lipinski definition) is 1. The lowest BCUT2D eigenvalue weighted by Gasteiger charge is -2.00. The fourth-order valence-corrected chi connectivity index (χ4v) is 0.759. The van der Waals surface area contributed by atoms with Gasteiger partial charge in [0.1, 0.15) is 0 Å². The summed E-state index contributed by atoms with van der Waals surface area (Å²) in [5, 5.41) is -0.332. The molecule has 0 amide bonds. The van der Waals surface area contributed by atoms with Crippen LogP contribution in [-0.4, -0.2) is 0 Å². The van der Waals surface area contributed by atoms with Crippen LogP contribution >= 0.6 is 11.6 Å². The molecule has 1 rings (SSSR count). The quantitative estimate of drug-likeness (QED) is 0.371. The second-order valence-corrected chi connectivity index (χ2v) is 2.29. The standard InChI is InChI=1S/C6H3ClF3N/c7-2-1-3(8)4(9)5(10)6(2)11/h1H,11H2. The molecule has 1 nitrogen and oxygen atoms in total. The SMILES string of the molecule is Nc1c(Cl)cc(F)c(F)c1F. The van der Waals surface area contributed by atoms with Crippen LogP contribution in [-0.2, 0) is 0 Å². The fourth-order valence-electron chi connectivity index (χ4n) is 0.580. The number of nitrogens with two attached hydrogens (primary N) is 1. The first kappa shape index (κ1) is 8.20. The maximum absolute atomic E-state index is 12.4. The number of halogens is 4. The average Bonchev–Trinajstić information content (AvgIpc) is 1.97. The minimum Gasteiger partial charge on any atom is -0.395 e. The first-order chi connectivity index (χ1) is 5.04. The summed E-state index contributed by atoms with van der Waals surface area (Å²) in [5.74, 6) is -4.40. The number of anilines is 1. The molecule has 0 saturated carbocycles. The molecule has 60 valence electrons. The summed E-state index contributed by atoms with van der Waals surface area (Å²) in [4.78, 5) is 0. The molecule has 1 aromatic carbocycles. The Morgan fingerprint density at radius 3 is 2.27 bits per heavy atom. The molecule has 0 bridgehead atoms. The zero-order chi connectivity index (χ0) is 8.59. The Bertz CT molecular complexity index is 274. The van der Waals surface area contributed by atoms with E-state index in [1.165, 1.54) is 0 Å². The highest BCUT2D eigenvalue weighted by molar-refractivity contribution is 6.33. The Hall–Kier alpha value is -0.900. The summed E-state index contributed by atoms with van der Waals surface area (Å²) < 4.78 is 37.0. The van der Waals surface area contributed by atoms with Crippen LogP contribution in [0.15, 0.2) is 6.07 Å². The highest BCUT2D eigenvalue weighted by Gasteiger charge is 2.14. The van der Waals surface area contributed by atoms with Gasteiger partial charge in [-0.25, -0.2) is 13.2 Å². The molecule has 1 aromatic rings. The molecule has 2 N–H and O–H groups in total. The average molecular weight is 182 g/mol. The van der Waals surface area contributed by atoms with Crippen molar-refractivity contribution in [2.75, 3.05) is 5.73 Å². The summed E-state index contributed by atoms with van der Waals surface area (Å²) in [7, 11) is 0. The second-order valence-electron chi connectivity index (χ2n) is 1.88. The largest absolute Gasteiger partial charge is 0.395 e. The van der Waals surface area contributed by atoms with Crippen molar-refractivity contribution in [3.63, 3.8) is 0 Å². The van der Waals surface area contributed by atoms with Crippen LogP contribution < -0.4 is 5.73 Å². The van der Waals surface area contributed by atoms with Crippen LogP contribution in [0.5, 0.6) is 0 Å². The fraction of sp³-hybridized carbons (Fsp3) is 0. The van der Waals surface area contributed by atoms with E-state index in [1.54, 1.807) is 0 Å². The van der Waals surface area contributed by atoms with Gasteiger partial charge >= 0.3 is 0 Å². The van der Waals surface area contributed by atoms with Crippen LogP contribution in [0.1, 0.15) is 0 Å². The number of nitrogen functional groups attached to an aromatic ring is 1. The van der Waals surface area contributed by atoms with E-state index in [-0.39, 0.29) is 5.02 Å². The number of benzene rings is 1. The Labute approximate surface area is 65.6 Å². The Kier molecular flexibility index (Phi) is 1.95. The maximum atomic E-state index is 12.4. The molecule has 11 heavy (non-hydrogen) atoms. The number of rotatable bonds is 0. The molecule has 0 atom stereocenters. The van der Waals surface area contributed by atoms with Gasteiger partial charge in [0.2, 0.25) is 0 Å². The van der Waals surface area contributed by atoms with Gasteiger partial charge in [0.25, 0.3) is 0 Å².